The smallest absolute Gasteiger partial charge is 0.369 e. The lowest BCUT2D eigenvalue weighted by atomic mass is 9.87. The van der Waals surface area contributed by atoms with Crippen LogP contribution in [0.3, 0.4) is 0 Å². The van der Waals surface area contributed by atoms with Crippen LogP contribution in [0.5, 0.6) is 0 Å². The molecule has 0 saturated heterocycles. The highest BCUT2D eigenvalue weighted by molar-refractivity contribution is 7.62. The maximum Gasteiger partial charge on any atom is 0.369 e. The third kappa shape index (κ3) is 3.38. The predicted molar refractivity (Wildman–Crippen MR) is 99.7 cm³/mol. The summed E-state index contributed by atoms with van der Waals surface area (Å²) >= 11 is 0. The molecule has 0 N–H and O–H groups in total. The normalized spacial score (nSPS) is 13.0. The van der Waals surface area contributed by atoms with Gasteiger partial charge in [-0.1, -0.05) is 24.3 Å². The first kappa shape index (κ1) is 19.5. The van der Waals surface area contributed by atoms with Crippen molar-refractivity contribution >= 4 is 18.9 Å². The molecule has 0 aliphatic heterocycles. The number of esters is 1. The van der Waals surface area contributed by atoms with Crippen molar-refractivity contribution in [3.05, 3.63) is 51.4 Å². The molecule has 0 spiro atoms. The zero-order valence-electron chi connectivity index (χ0n) is 15.4. The monoisotopic (exact) mass is 392 g/mol. The molecular formula is C19H21O7P. The van der Waals surface area contributed by atoms with Gasteiger partial charge in [0.1, 0.15) is 5.76 Å². The Morgan fingerprint density at radius 3 is 2.44 bits per heavy atom. The Kier molecular flexibility index (Phi) is 5.65. The zero-order valence-corrected chi connectivity index (χ0v) is 16.3. The molecule has 0 atom stereocenters. The van der Waals surface area contributed by atoms with Crippen molar-refractivity contribution in [2.24, 2.45) is 0 Å². The van der Waals surface area contributed by atoms with Gasteiger partial charge in [0.2, 0.25) is 0 Å². The van der Waals surface area contributed by atoms with Gasteiger partial charge in [0.15, 0.2) is 5.30 Å². The standard InChI is InChI=1S/C19H21O7P/c1-4-24-27(22,25-5-2)17-15(18(20)23-3)14-11-10-12-8-6-7-9-13(12)16(14)26-19(17)21/h6-9H,4-5,10-11H2,1-3H3. The maximum absolute atomic E-state index is 13.3. The zero-order chi connectivity index (χ0) is 19.6. The molecule has 2 aromatic rings. The van der Waals surface area contributed by atoms with E-state index in [0.717, 1.165) is 11.1 Å². The molecule has 144 valence electrons. The number of carbonyl (C=O) groups is 1. The summed E-state index contributed by atoms with van der Waals surface area (Å²) in [5.41, 5.74) is 1.22. The van der Waals surface area contributed by atoms with Crippen molar-refractivity contribution in [3.8, 4) is 11.3 Å². The van der Waals surface area contributed by atoms with Gasteiger partial charge in [0.05, 0.1) is 25.9 Å². The van der Waals surface area contributed by atoms with E-state index in [4.69, 9.17) is 18.2 Å². The van der Waals surface area contributed by atoms with Gasteiger partial charge in [-0.2, -0.15) is 0 Å². The molecule has 7 nitrogen and oxygen atoms in total. The van der Waals surface area contributed by atoms with Gasteiger partial charge in [0.25, 0.3) is 0 Å². The minimum Gasteiger partial charge on any atom is -0.465 e. The highest BCUT2D eigenvalue weighted by atomic mass is 31.2. The third-order valence-electron chi connectivity index (χ3n) is 4.37. The minimum absolute atomic E-state index is 0.0389. The van der Waals surface area contributed by atoms with Crippen LogP contribution in [0.25, 0.3) is 11.3 Å². The van der Waals surface area contributed by atoms with Crippen LogP contribution in [0, 0.1) is 0 Å². The van der Waals surface area contributed by atoms with Crippen molar-refractivity contribution in [2.75, 3.05) is 20.3 Å². The molecule has 3 rings (SSSR count). The van der Waals surface area contributed by atoms with Crippen LogP contribution >= 0.6 is 7.60 Å². The van der Waals surface area contributed by atoms with Crippen molar-refractivity contribution in [1.82, 2.24) is 0 Å². The van der Waals surface area contributed by atoms with E-state index in [1.807, 2.05) is 24.3 Å². The molecule has 0 unspecified atom stereocenters. The van der Waals surface area contributed by atoms with E-state index in [1.54, 1.807) is 13.8 Å². The van der Waals surface area contributed by atoms with Gasteiger partial charge >= 0.3 is 19.2 Å². The Morgan fingerprint density at radius 2 is 1.81 bits per heavy atom. The van der Waals surface area contributed by atoms with E-state index in [1.165, 1.54) is 7.11 Å². The average molecular weight is 392 g/mol. The second kappa shape index (κ2) is 7.80. The fourth-order valence-corrected chi connectivity index (χ4v) is 5.10. The summed E-state index contributed by atoms with van der Waals surface area (Å²) in [5, 5.41) is -0.392. The van der Waals surface area contributed by atoms with Crippen LogP contribution in [-0.4, -0.2) is 26.3 Å². The lowest BCUT2D eigenvalue weighted by molar-refractivity contribution is 0.0599. The van der Waals surface area contributed by atoms with E-state index in [9.17, 15) is 14.2 Å². The molecule has 0 radical (unpaired) electrons. The van der Waals surface area contributed by atoms with Gasteiger partial charge in [-0.3, -0.25) is 4.57 Å². The highest BCUT2D eigenvalue weighted by Gasteiger charge is 2.40. The van der Waals surface area contributed by atoms with Crippen LogP contribution in [0.4, 0.5) is 0 Å². The van der Waals surface area contributed by atoms with Crippen molar-refractivity contribution < 1.29 is 27.6 Å². The molecule has 8 heteroatoms. The predicted octanol–water partition coefficient (Wildman–Crippen LogP) is 3.08. The first-order valence-electron chi connectivity index (χ1n) is 8.73. The SMILES string of the molecule is CCOP(=O)(OCC)c1c(C(=O)OC)c2c(oc1=O)-c1ccccc1CC2. The molecule has 1 aliphatic rings. The summed E-state index contributed by atoms with van der Waals surface area (Å²) in [7, 11) is -2.85. The summed E-state index contributed by atoms with van der Waals surface area (Å²) in [6, 6.07) is 7.48. The molecule has 0 bridgehead atoms. The van der Waals surface area contributed by atoms with Crippen LogP contribution in [0.1, 0.15) is 35.3 Å². The minimum atomic E-state index is -4.05. The lowest BCUT2D eigenvalue weighted by Gasteiger charge is -2.24. The van der Waals surface area contributed by atoms with Crippen molar-refractivity contribution in [2.45, 2.75) is 26.7 Å². The molecule has 1 aromatic heterocycles. The summed E-state index contributed by atoms with van der Waals surface area (Å²) in [6.45, 7) is 3.33. The van der Waals surface area contributed by atoms with Gasteiger partial charge in [-0.25, -0.2) is 9.59 Å². The topological polar surface area (TPSA) is 92.0 Å². The van der Waals surface area contributed by atoms with Gasteiger partial charge < -0.3 is 18.2 Å². The number of hydrogen-bond donors (Lipinski definition) is 0. The summed E-state index contributed by atoms with van der Waals surface area (Å²) in [5.74, 6) is -0.473. The molecular weight excluding hydrogens is 371 g/mol. The number of aryl methyl sites for hydroxylation is 1. The van der Waals surface area contributed by atoms with Crippen LogP contribution in [-0.2, 0) is 31.2 Å². The largest absolute Gasteiger partial charge is 0.465 e. The van der Waals surface area contributed by atoms with Crippen LogP contribution in [0.2, 0.25) is 0 Å². The fourth-order valence-electron chi connectivity index (χ4n) is 3.31. The van der Waals surface area contributed by atoms with E-state index in [2.05, 4.69) is 0 Å². The second-order valence-electron chi connectivity index (χ2n) is 5.90. The average Bonchev–Trinajstić information content (AvgIpc) is 2.66. The molecule has 0 fully saturated rings. The second-order valence-corrected chi connectivity index (χ2v) is 7.86. The number of hydrogen-bond acceptors (Lipinski definition) is 7. The van der Waals surface area contributed by atoms with Gasteiger partial charge in [-0.05, 0) is 32.3 Å². The maximum atomic E-state index is 13.3. The summed E-state index contributed by atoms with van der Waals surface area (Å²) in [4.78, 5) is 25.4. The number of fused-ring (bicyclic) bond motifs is 3. The Labute approximate surface area is 156 Å². The number of ether oxygens (including phenoxy) is 1. The van der Waals surface area contributed by atoms with Gasteiger partial charge in [-0.15, -0.1) is 0 Å². The van der Waals surface area contributed by atoms with E-state index in [0.29, 0.717) is 24.2 Å². The molecule has 1 aliphatic carbocycles. The Balaban J connectivity index is 2.36. The van der Waals surface area contributed by atoms with Crippen LogP contribution < -0.4 is 10.9 Å². The fraction of sp³-hybridized carbons (Fsp3) is 0.368. The summed E-state index contributed by atoms with van der Waals surface area (Å²) in [6.07, 6.45) is 1.08. The molecule has 27 heavy (non-hydrogen) atoms. The summed E-state index contributed by atoms with van der Waals surface area (Å²) < 4.78 is 34.3. The van der Waals surface area contributed by atoms with E-state index < -0.39 is 24.5 Å². The molecule has 1 heterocycles. The lowest BCUT2D eigenvalue weighted by Crippen LogP contribution is -2.35. The molecule has 0 amide bonds. The third-order valence-corrected chi connectivity index (χ3v) is 6.52. The first-order valence-corrected chi connectivity index (χ1v) is 10.3. The van der Waals surface area contributed by atoms with E-state index >= 15 is 0 Å². The Hall–Kier alpha value is -2.21. The number of rotatable bonds is 6. The Morgan fingerprint density at radius 1 is 1.15 bits per heavy atom. The molecule has 0 saturated carbocycles. The highest BCUT2D eigenvalue weighted by Crippen LogP contribution is 2.48. The number of benzene rings is 1. The van der Waals surface area contributed by atoms with Crippen molar-refractivity contribution in [3.63, 3.8) is 0 Å². The van der Waals surface area contributed by atoms with Gasteiger partial charge in [0, 0.05) is 11.1 Å². The number of carbonyl (C=O) groups excluding carboxylic acids is 1. The quantitative estimate of drug-likeness (QED) is 0.551. The van der Waals surface area contributed by atoms with Crippen molar-refractivity contribution in [1.29, 1.82) is 0 Å². The van der Waals surface area contributed by atoms with E-state index in [-0.39, 0.29) is 18.8 Å². The van der Waals surface area contributed by atoms with Crippen LogP contribution in [0.15, 0.2) is 33.5 Å². The number of methoxy groups -OCH3 is 1. The first-order chi connectivity index (χ1) is 13.0. The Bertz CT molecular complexity index is 967. The molecule has 1 aromatic carbocycles.